The van der Waals surface area contributed by atoms with Gasteiger partial charge < -0.3 is 4.79 Å². The molecule has 0 bridgehead atoms. The molecule has 0 radical (unpaired) electrons. The maximum absolute atomic E-state index is 12.7. The predicted molar refractivity (Wildman–Crippen MR) is 45.8 cm³/mol. The maximum atomic E-state index is 12.7. The first-order valence-corrected chi connectivity index (χ1v) is 3.87. The number of nitrogens with one attached hydrogen (secondary N) is 1. The Labute approximate surface area is 73.6 Å². The van der Waals surface area contributed by atoms with Crippen LogP contribution < -0.4 is 0 Å². The lowest BCUT2D eigenvalue weighted by atomic mass is 10.2. The van der Waals surface area contributed by atoms with Crippen molar-refractivity contribution >= 4 is 17.2 Å². The molecule has 66 valence electrons. The molecule has 13 heavy (non-hydrogen) atoms. The van der Waals surface area contributed by atoms with Crippen molar-refractivity contribution in [2.24, 2.45) is 0 Å². The van der Waals surface area contributed by atoms with Crippen molar-refractivity contribution < 1.29 is 9.18 Å². The number of nitrogens with zero attached hydrogens (tertiary/aromatic N) is 1. The van der Waals surface area contributed by atoms with Crippen LogP contribution in [0.3, 0.4) is 0 Å². The van der Waals surface area contributed by atoms with E-state index >= 15 is 0 Å². The molecular formula is C9H7FN2O. The summed E-state index contributed by atoms with van der Waals surface area (Å²) in [7, 11) is 0. The van der Waals surface area contributed by atoms with Gasteiger partial charge in [0.2, 0.25) is 0 Å². The summed E-state index contributed by atoms with van der Waals surface area (Å²) in [6, 6.07) is 4.30. The molecule has 1 heterocycles. The third kappa shape index (κ3) is 1.30. The van der Waals surface area contributed by atoms with Crippen molar-refractivity contribution in [2.45, 2.75) is 6.42 Å². The molecule has 2 aromatic rings. The molecule has 1 aromatic heterocycles. The summed E-state index contributed by atoms with van der Waals surface area (Å²) >= 11 is 0. The number of H-pyrrole nitrogens is 1. The van der Waals surface area contributed by atoms with Crippen molar-refractivity contribution in [1.82, 2.24) is 10.2 Å². The lowest BCUT2D eigenvalue weighted by Gasteiger charge is -1.90. The van der Waals surface area contributed by atoms with Gasteiger partial charge in [-0.15, -0.1) is 0 Å². The molecular weight excluding hydrogens is 171 g/mol. The Kier molecular flexibility index (Phi) is 1.81. The summed E-state index contributed by atoms with van der Waals surface area (Å²) < 4.78 is 12.7. The van der Waals surface area contributed by atoms with Gasteiger partial charge in [0.25, 0.3) is 0 Å². The minimum atomic E-state index is -0.323. The highest BCUT2D eigenvalue weighted by atomic mass is 19.1. The van der Waals surface area contributed by atoms with Gasteiger partial charge in [0.1, 0.15) is 12.1 Å². The smallest absolute Gasteiger partial charge is 0.125 e. The number of aromatic amines is 1. The molecule has 0 aliphatic carbocycles. The number of hydrogen-bond donors (Lipinski definition) is 1. The molecule has 3 nitrogen and oxygen atoms in total. The third-order valence-corrected chi connectivity index (χ3v) is 1.88. The normalized spacial score (nSPS) is 10.5. The Morgan fingerprint density at radius 3 is 3.15 bits per heavy atom. The molecule has 1 aromatic carbocycles. The van der Waals surface area contributed by atoms with Gasteiger partial charge in [-0.1, -0.05) is 0 Å². The van der Waals surface area contributed by atoms with E-state index in [1.807, 2.05) is 0 Å². The Bertz CT molecular complexity index is 450. The standard InChI is InChI=1S/C9H7FN2O/c10-6-1-2-7-8(3-4-13)11-12-9(7)5-6/h1-2,4-5H,3H2,(H,11,12). The lowest BCUT2D eigenvalue weighted by molar-refractivity contribution is -0.107. The topological polar surface area (TPSA) is 45.8 Å². The second-order valence-corrected chi connectivity index (χ2v) is 2.73. The highest BCUT2D eigenvalue weighted by Crippen LogP contribution is 2.16. The van der Waals surface area contributed by atoms with Crippen LogP contribution in [0.25, 0.3) is 10.9 Å². The molecule has 0 amide bonds. The molecule has 1 N–H and O–H groups in total. The number of hydrogen-bond acceptors (Lipinski definition) is 2. The SMILES string of the molecule is O=CCc1[nH]nc2cc(F)ccc12. The number of rotatable bonds is 2. The van der Waals surface area contributed by atoms with E-state index in [-0.39, 0.29) is 12.2 Å². The summed E-state index contributed by atoms with van der Waals surface area (Å²) in [4.78, 5) is 10.3. The van der Waals surface area contributed by atoms with E-state index in [2.05, 4.69) is 10.2 Å². The zero-order valence-corrected chi connectivity index (χ0v) is 6.75. The number of aldehydes is 1. The zero-order valence-electron chi connectivity index (χ0n) is 6.75. The van der Waals surface area contributed by atoms with Crippen molar-refractivity contribution in [1.29, 1.82) is 0 Å². The molecule has 4 heteroatoms. The van der Waals surface area contributed by atoms with Crippen molar-refractivity contribution in [3.05, 3.63) is 29.7 Å². The quantitative estimate of drug-likeness (QED) is 0.707. The monoisotopic (exact) mass is 178 g/mol. The number of carbonyl (C=O) groups excluding carboxylic acids is 1. The van der Waals surface area contributed by atoms with E-state index in [1.54, 1.807) is 6.07 Å². The number of fused-ring (bicyclic) bond motifs is 1. The van der Waals surface area contributed by atoms with Crippen LogP contribution in [0.15, 0.2) is 18.2 Å². The van der Waals surface area contributed by atoms with Gasteiger partial charge >= 0.3 is 0 Å². The van der Waals surface area contributed by atoms with Gasteiger partial charge in [-0.3, -0.25) is 5.10 Å². The van der Waals surface area contributed by atoms with Crippen LogP contribution in [0.1, 0.15) is 5.69 Å². The first-order chi connectivity index (χ1) is 6.31. The fourth-order valence-electron chi connectivity index (χ4n) is 1.28. The van der Waals surface area contributed by atoms with Crippen molar-refractivity contribution in [3.8, 4) is 0 Å². The summed E-state index contributed by atoms with van der Waals surface area (Å²) in [5.74, 6) is -0.323. The molecule has 0 saturated carbocycles. The molecule has 0 aliphatic heterocycles. The molecule has 0 atom stereocenters. The van der Waals surface area contributed by atoms with Gasteiger partial charge in [-0.2, -0.15) is 5.10 Å². The average molecular weight is 178 g/mol. The minimum absolute atomic E-state index is 0.280. The maximum Gasteiger partial charge on any atom is 0.125 e. The zero-order chi connectivity index (χ0) is 9.26. The molecule has 0 saturated heterocycles. The van der Waals surface area contributed by atoms with Crippen molar-refractivity contribution in [2.75, 3.05) is 0 Å². The van der Waals surface area contributed by atoms with Crippen LogP contribution in [-0.4, -0.2) is 16.5 Å². The van der Waals surface area contributed by atoms with Crippen LogP contribution >= 0.6 is 0 Å². The summed E-state index contributed by atoms with van der Waals surface area (Å²) in [5.41, 5.74) is 1.28. The van der Waals surface area contributed by atoms with E-state index in [4.69, 9.17) is 0 Å². The number of benzene rings is 1. The van der Waals surface area contributed by atoms with Crippen LogP contribution in [0.2, 0.25) is 0 Å². The summed E-state index contributed by atoms with van der Waals surface area (Å²) in [6.07, 6.45) is 1.07. The van der Waals surface area contributed by atoms with Crippen LogP contribution in [0.4, 0.5) is 4.39 Å². The Hall–Kier alpha value is -1.71. The first-order valence-electron chi connectivity index (χ1n) is 3.87. The van der Waals surface area contributed by atoms with Crippen LogP contribution in [0.5, 0.6) is 0 Å². The Balaban J connectivity index is 2.61. The van der Waals surface area contributed by atoms with Crippen molar-refractivity contribution in [3.63, 3.8) is 0 Å². The molecule has 2 rings (SSSR count). The largest absolute Gasteiger partial charge is 0.303 e. The van der Waals surface area contributed by atoms with Gasteiger partial charge in [-0.05, 0) is 12.1 Å². The van der Waals surface area contributed by atoms with E-state index in [9.17, 15) is 9.18 Å². The fraction of sp³-hybridized carbons (Fsp3) is 0.111. The van der Waals surface area contributed by atoms with Crippen LogP contribution in [-0.2, 0) is 11.2 Å². The van der Waals surface area contributed by atoms with Gasteiger partial charge in [-0.25, -0.2) is 4.39 Å². The Morgan fingerprint density at radius 2 is 2.38 bits per heavy atom. The second kappa shape index (κ2) is 2.97. The second-order valence-electron chi connectivity index (χ2n) is 2.73. The van der Waals surface area contributed by atoms with E-state index in [0.717, 1.165) is 17.4 Å². The molecule has 0 aliphatic rings. The van der Waals surface area contributed by atoms with E-state index < -0.39 is 0 Å². The number of halogens is 1. The highest BCUT2D eigenvalue weighted by Gasteiger charge is 2.04. The van der Waals surface area contributed by atoms with Gasteiger partial charge in [0.15, 0.2) is 0 Å². The van der Waals surface area contributed by atoms with Gasteiger partial charge in [0, 0.05) is 17.9 Å². The van der Waals surface area contributed by atoms with Crippen LogP contribution in [0, 0.1) is 5.82 Å². The van der Waals surface area contributed by atoms with E-state index in [0.29, 0.717) is 5.52 Å². The van der Waals surface area contributed by atoms with Gasteiger partial charge in [0.05, 0.1) is 11.2 Å². The molecule has 0 fully saturated rings. The lowest BCUT2D eigenvalue weighted by Crippen LogP contribution is -1.85. The number of carbonyl (C=O) groups is 1. The number of aromatic nitrogens is 2. The summed E-state index contributed by atoms with van der Waals surface area (Å²) in [6.45, 7) is 0. The molecule has 0 spiro atoms. The fourth-order valence-corrected chi connectivity index (χ4v) is 1.28. The predicted octanol–water partition coefficient (Wildman–Crippen LogP) is 1.44. The third-order valence-electron chi connectivity index (χ3n) is 1.88. The Morgan fingerprint density at radius 1 is 1.54 bits per heavy atom. The van der Waals surface area contributed by atoms with E-state index in [1.165, 1.54) is 12.1 Å². The summed E-state index contributed by atoms with van der Waals surface area (Å²) in [5, 5.41) is 7.37. The highest BCUT2D eigenvalue weighted by molar-refractivity contribution is 5.83. The average Bonchev–Trinajstić information content (AvgIpc) is 2.49. The minimum Gasteiger partial charge on any atom is -0.303 e. The molecule has 0 unspecified atom stereocenters. The first kappa shape index (κ1) is 7.91.